The topological polar surface area (TPSA) is 56.1 Å². The van der Waals surface area contributed by atoms with E-state index in [-0.39, 0.29) is 12.3 Å². The maximum Gasteiger partial charge on any atom is 0.248 e. The fraction of sp³-hybridized carbons (Fsp3) is 0.333. The standard InChI is InChI=1S/C15H17Cl2N3O2/c1-4-22-19-15(21)8-12-9(2)18-20(10(12)3)14-6-5-11(16)7-13(14)17/h5-7H,4,8H2,1-3H3,(H,19,21). The minimum atomic E-state index is -0.213. The van der Waals surface area contributed by atoms with Gasteiger partial charge in [0.05, 0.1) is 29.4 Å². The molecule has 0 saturated carbocycles. The quantitative estimate of drug-likeness (QED) is 0.848. The zero-order chi connectivity index (χ0) is 16.3. The van der Waals surface area contributed by atoms with Crippen molar-refractivity contribution in [2.24, 2.45) is 0 Å². The number of carbonyl (C=O) groups is 1. The fourth-order valence-corrected chi connectivity index (χ4v) is 2.66. The Labute approximate surface area is 139 Å². The van der Waals surface area contributed by atoms with Gasteiger partial charge in [0.25, 0.3) is 0 Å². The van der Waals surface area contributed by atoms with Gasteiger partial charge in [-0.2, -0.15) is 5.10 Å². The maximum absolute atomic E-state index is 11.8. The van der Waals surface area contributed by atoms with Gasteiger partial charge < -0.3 is 0 Å². The molecule has 118 valence electrons. The van der Waals surface area contributed by atoms with Gasteiger partial charge in [-0.1, -0.05) is 23.2 Å². The fourth-order valence-electron chi connectivity index (χ4n) is 2.17. The van der Waals surface area contributed by atoms with Crippen LogP contribution in [0.2, 0.25) is 10.0 Å². The summed E-state index contributed by atoms with van der Waals surface area (Å²) in [5, 5.41) is 5.54. The van der Waals surface area contributed by atoms with Crippen LogP contribution in [0, 0.1) is 13.8 Å². The van der Waals surface area contributed by atoms with Crippen LogP contribution in [0.3, 0.4) is 0 Å². The second-order valence-electron chi connectivity index (χ2n) is 4.79. The Balaban J connectivity index is 2.32. The summed E-state index contributed by atoms with van der Waals surface area (Å²) in [6.07, 6.45) is 0.197. The van der Waals surface area contributed by atoms with Crippen LogP contribution in [0.15, 0.2) is 18.2 Å². The van der Waals surface area contributed by atoms with Gasteiger partial charge in [-0.05, 0) is 39.0 Å². The molecule has 0 atom stereocenters. The van der Waals surface area contributed by atoms with Gasteiger partial charge in [-0.3, -0.25) is 9.63 Å². The molecule has 0 spiro atoms. The number of hydrogen-bond acceptors (Lipinski definition) is 3. The Bertz CT molecular complexity index is 698. The van der Waals surface area contributed by atoms with E-state index in [0.29, 0.717) is 16.7 Å². The summed E-state index contributed by atoms with van der Waals surface area (Å²) < 4.78 is 1.72. The van der Waals surface area contributed by atoms with Gasteiger partial charge >= 0.3 is 0 Å². The number of aryl methyl sites for hydroxylation is 1. The molecular weight excluding hydrogens is 325 g/mol. The van der Waals surface area contributed by atoms with Crippen molar-refractivity contribution in [3.05, 3.63) is 45.2 Å². The first-order valence-corrected chi connectivity index (χ1v) is 7.60. The van der Waals surface area contributed by atoms with Gasteiger partial charge in [0.1, 0.15) is 0 Å². The lowest BCUT2D eigenvalue weighted by molar-refractivity contribution is -0.132. The highest BCUT2D eigenvalue weighted by molar-refractivity contribution is 6.35. The second-order valence-corrected chi connectivity index (χ2v) is 5.64. The molecule has 7 heteroatoms. The van der Waals surface area contributed by atoms with Gasteiger partial charge in [0.2, 0.25) is 5.91 Å². The number of carbonyl (C=O) groups excluding carboxylic acids is 1. The maximum atomic E-state index is 11.8. The number of benzene rings is 1. The van der Waals surface area contributed by atoms with Crippen LogP contribution in [0.1, 0.15) is 23.9 Å². The second kappa shape index (κ2) is 7.13. The molecule has 2 rings (SSSR count). The van der Waals surface area contributed by atoms with Crippen LogP contribution in [-0.2, 0) is 16.1 Å². The molecule has 0 fully saturated rings. The van der Waals surface area contributed by atoms with Crippen LogP contribution >= 0.6 is 23.2 Å². The molecule has 1 N–H and O–H groups in total. The lowest BCUT2D eigenvalue weighted by Gasteiger charge is -2.08. The Morgan fingerprint density at radius 1 is 1.36 bits per heavy atom. The summed E-state index contributed by atoms with van der Waals surface area (Å²) in [5.74, 6) is -0.213. The van der Waals surface area contributed by atoms with E-state index in [4.69, 9.17) is 28.0 Å². The molecule has 0 bridgehead atoms. The third kappa shape index (κ3) is 3.61. The van der Waals surface area contributed by atoms with E-state index in [1.807, 2.05) is 13.8 Å². The minimum absolute atomic E-state index is 0.197. The third-order valence-corrected chi connectivity index (χ3v) is 3.78. The molecule has 5 nitrogen and oxygen atoms in total. The van der Waals surface area contributed by atoms with Crippen LogP contribution in [0.4, 0.5) is 0 Å². The summed E-state index contributed by atoms with van der Waals surface area (Å²) in [5.41, 5.74) is 5.59. The van der Waals surface area contributed by atoms with Crippen LogP contribution < -0.4 is 5.48 Å². The number of rotatable bonds is 5. The van der Waals surface area contributed by atoms with E-state index in [1.54, 1.807) is 29.8 Å². The molecule has 1 aromatic carbocycles. The molecule has 0 aliphatic carbocycles. The highest BCUT2D eigenvalue weighted by Gasteiger charge is 2.17. The molecule has 22 heavy (non-hydrogen) atoms. The molecule has 1 aromatic heterocycles. The number of hydrogen-bond donors (Lipinski definition) is 1. The van der Waals surface area contributed by atoms with E-state index in [9.17, 15) is 4.79 Å². The Kier molecular flexibility index (Phi) is 5.45. The van der Waals surface area contributed by atoms with Gasteiger partial charge in [0.15, 0.2) is 0 Å². The Morgan fingerprint density at radius 3 is 2.73 bits per heavy atom. The zero-order valence-corrected chi connectivity index (χ0v) is 14.1. The lowest BCUT2D eigenvalue weighted by atomic mass is 10.1. The highest BCUT2D eigenvalue weighted by Crippen LogP contribution is 2.27. The molecule has 1 heterocycles. The number of amides is 1. The number of aromatic nitrogens is 2. The van der Waals surface area contributed by atoms with Gasteiger partial charge in [-0.25, -0.2) is 10.2 Å². The number of nitrogens with zero attached hydrogens (tertiary/aromatic N) is 2. The Hall–Kier alpha value is -1.56. The predicted molar refractivity (Wildman–Crippen MR) is 86.5 cm³/mol. The van der Waals surface area contributed by atoms with E-state index in [2.05, 4.69) is 10.6 Å². The van der Waals surface area contributed by atoms with E-state index in [1.165, 1.54) is 0 Å². The summed E-state index contributed by atoms with van der Waals surface area (Å²) in [7, 11) is 0. The van der Waals surface area contributed by atoms with Crippen molar-refractivity contribution in [3.63, 3.8) is 0 Å². The molecular formula is C15H17Cl2N3O2. The van der Waals surface area contributed by atoms with Crippen molar-refractivity contribution in [1.29, 1.82) is 0 Å². The smallest absolute Gasteiger partial charge is 0.248 e. The first kappa shape index (κ1) is 16.8. The highest BCUT2D eigenvalue weighted by atomic mass is 35.5. The average Bonchev–Trinajstić information content (AvgIpc) is 2.73. The van der Waals surface area contributed by atoms with Crippen molar-refractivity contribution in [2.75, 3.05) is 6.61 Å². The third-order valence-electron chi connectivity index (χ3n) is 3.25. The lowest BCUT2D eigenvalue weighted by Crippen LogP contribution is -2.25. The van der Waals surface area contributed by atoms with Crippen molar-refractivity contribution in [2.45, 2.75) is 27.2 Å². The molecule has 1 amide bonds. The molecule has 0 unspecified atom stereocenters. The molecule has 2 aromatic rings. The summed E-state index contributed by atoms with van der Waals surface area (Å²) >= 11 is 12.1. The predicted octanol–water partition coefficient (Wildman–Crippen LogP) is 3.41. The molecule has 0 radical (unpaired) electrons. The number of hydroxylamine groups is 1. The Morgan fingerprint density at radius 2 is 2.09 bits per heavy atom. The molecule has 0 aliphatic rings. The van der Waals surface area contributed by atoms with Crippen molar-refractivity contribution >= 4 is 29.1 Å². The normalized spacial score (nSPS) is 10.8. The van der Waals surface area contributed by atoms with Crippen LogP contribution in [-0.4, -0.2) is 22.3 Å². The zero-order valence-electron chi connectivity index (χ0n) is 12.6. The first-order chi connectivity index (χ1) is 10.4. The number of halogens is 2. The minimum Gasteiger partial charge on any atom is -0.274 e. The monoisotopic (exact) mass is 341 g/mol. The van der Waals surface area contributed by atoms with Crippen molar-refractivity contribution < 1.29 is 9.63 Å². The first-order valence-electron chi connectivity index (χ1n) is 6.85. The summed E-state index contributed by atoms with van der Waals surface area (Å²) in [6.45, 7) is 5.98. The van der Waals surface area contributed by atoms with Gasteiger partial charge in [-0.15, -0.1) is 0 Å². The molecule has 0 saturated heterocycles. The van der Waals surface area contributed by atoms with Crippen molar-refractivity contribution in [3.8, 4) is 5.69 Å². The summed E-state index contributed by atoms with van der Waals surface area (Å²) in [6, 6.07) is 5.21. The van der Waals surface area contributed by atoms with E-state index in [0.717, 1.165) is 22.6 Å². The van der Waals surface area contributed by atoms with Crippen molar-refractivity contribution in [1.82, 2.24) is 15.3 Å². The van der Waals surface area contributed by atoms with E-state index >= 15 is 0 Å². The van der Waals surface area contributed by atoms with E-state index < -0.39 is 0 Å². The average molecular weight is 342 g/mol. The van der Waals surface area contributed by atoms with Crippen LogP contribution in [0.25, 0.3) is 5.69 Å². The SMILES string of the molecule is CCONC(=O)Cc1c(C)nn(-c2ccc(Cl)cc2Cl)c1C. The molecule has 0 aliphatic heterocycles. The van der Waals surface area contributed by atoms with Gasteiger partial charge in [0, 0.05) is 16.3 Å². The van der Waals surface area contributed by atoms with Crippen LogP contribution in [0.5, 0.6) is 0 Å². The largest absolute Gasteiger partial charge is 0.274 e. The number of nitrogens with one attached hydrogen (secondary N) is 1. The summed E-state index contributed by atoms with van der Waals surface area (Å²) in [4.78, 5) is 16.7.